The predicted octanol–water partition coefficient (Wildman–Crippen LogP) is 16.6. The molecular weight excluding hydrogens is 785 g/mol. The van der Waals surface area contributed by atoms with Crippen LogP contribution in [0.1, 0.15) is 22.3 Å². The lowest BCUT2D eigenvalue weighted by atomic mass is 9.65. The molecule has 1 aliphatic carbocycles. The van der Waals surface area contributed by atoms with Crippen LogP contribution in [0.25, 0.3) is 82.4 Å². The van der Waals surface area contributed by atoms with E-state index in [9.17, 15) is 0 Å². The summed E-state index contributed by atoms with van der Waals surface area (Å²) in [5.41, 5.74) is 19.1. The van der Waals surface area contributed by atoms with Crippen LogP contribution in [0.15, 0.2) is 243 Å². The Morgan fingerprint density at radius 3 is 1.75 bits per heavy atom. The van der Waals surface area contributed by atoms with E-state index in [2.05, 4.69) is 252 Å². The molecule has 1 spiro atoms. The first-order valence-electron chi connectivity index (χ1n) is 22.6. The first-order valence-corrected chi connectivity index (χ1v) is 22.6. The molecular formula is C63H40N2. The van der Waals surface area contributed by atoms with Gasteiger partial charge in [0.15, 0.2) is 0 Å². The molecule has 2 nitrogen and oxygen atoms in total. The molecule has 2 aliphatic rings. The van der Waals surface area contributed by atoms with E-state index in [1.54, 1.807) is 0 Å². The molecule has 2 heteroatoms. The zero-order chi connectivity index (χ0) is 42.6. The predicted molar refractivity (Wildman–Crippen MR) is 272 cm³/mol. The van der Waals surface area contributed by atoms with Gasteiger partial charge in [-0.15, -0.1) is 0 Å². The van der Waals surface area contributed by atoms with Crippen LogP contribution in [0.3, 0.4) is 0 Å². The van der Waals surface area contributed by atoms with Gasteiger partial charge in [-0.2, -0.15) is 0 Å². The fraction of sp³-hybridized carbons (Fsp3) is 0.0159. The standard InChI is InChI=1S/C63H40N2/c1-2-18-41(19-3-1)42-36-38-43(39-37-42)46-22-9-13-32-56(46)64(60-40-44-20-4-5-21-45(44)47-23-6-7-24-48(47)60)59-35-17-30-54-61(59)51-26-8-11-28-52(51)63(54)53-29-12-15-34-58(53)65-57-33-14-10-25-49(57)50-27-16-31-55(63)62(50)65/h1-40H. The summed E-state index contributed by atoms with van der Waals surface area (Å²) in [7, 11) is 0. The molecule has 1 unspecified atom stereocenters. The highest BCUT2D eigenvalue weighted by Crippen LogP contribution is 2.63. The molecule has 14 rings (SSSR count). The van der Waals surface area contributed by atoms with E-state index in [4.69, 9.17) is 0 Å². The van der Waals surface area contributed by atoms with Crippen molar-refractivity contribution in [1.82, 2.24) is 4.57 Å². The summed E-state index contributed by atoms with van der Waals surface area (Å²) in [6.45, 7) is 0. The van der Waals surface area contributed by atoms with E-state index in [1.807, 2.05) is 0 Å². The highest BCUT2D eigenvalue weighted by Gasteiger charge is 2.51. The van der Waals surface area contributed by atoms with Crippen molar-refractivity contribution in [1.29, 1.82) is 0 Å². The summed E-state index contributed by atoms with van der Waals surface area (Å²) in [5, 5.41) is 7.46. The number of para-hydroxylation sites is 4. The van der Waals surface area contributed by atoms with E-state index < -0.39 is 5.41 Å². The van der Waals surface area contributed by atoms with Gasteiger partial charge in [-0.25, -0.2) is 0 Å². The maximum absolute atomic E-state index is 2.58. The maximum Gasteiger partial charge on any atom is 0.0755 e. The van der Waals surface area contributed by atoms with Crippen LogP contribution < -0.4 is 4.90 Å². The maximum atomic E-state index is 2.58. The molecule has 0 amide bonds. The van der Waals surface area contributed by atoms with Gasteiger partial charge in [0.1, 0.15) is 0 Å². The van der Waals surface area contributed by atoms with Crippen LogP contribution in [0.4, 0.5) is 17.1 Å². The van der Waals surface area contributed by atoms with Crippen LogP contribution in [0, 0.1) is 0 Å². The number of aromatic nitrogens is 1. The fourth-order valence-electron chi connectivity index (χ4n) is 11.8. The first-order chi connectivity index (χ1) is 32.3. The minimum atomic E-state index is -0.577. The highest BCUT2D eigenvalue weighted by molar-refractivity contribution is 6.17. The van der Waals surface area contributed by atoms with Gasteiger partial charge in [-0.05, 0) is 91.0 Å². The van der Waals surface area contributed by atoms with Gasteiger partial charge < -0.3 is 9.47 Å². The first kappa shape index (κ1) is 36.1. The molecule has 0 saturated carbocycles. The van der Waals surface area contributed by atoms with Crippen molar-refractivity contribution in [3.63, 3.8) is 0 Å². The minimum absolute atomic E-state index is 0.577. The van der Waals surface area contributed by atoms with Crippen LogP contribution in [-0.4, -0.2) is 4.57 Å². The molecule has 0 saturated heterocycles. The van der Waals surface area contributed by atoms with Crippen molar-refractivity contribution < 1.29 is 0 Å². The van der Waals surface area contributed by atoms with Gasteiger partial charge in [0.2, 0.25) is 0 Å². The third kappa shape index (κ3) is 4.94. The van der Waals surface area contributed by atoms with E-state index in [-0.39, 0.29) is 0 Å². The second-order valence-electron chi connectivity index (χ2n) is 17.5. The zero-order valence-corrected chi connectivity index (χ0v) is 35.5. The molecule has 1 atom stereocenters. The van der Waals surface area contributed by atoms with E-state index in [0.29, 0.717) is 0 Å². The third-order valence-electron chi connectivity index (χ3n) is 14.4. The zero-order valence-electron chi connectivity index (χ0n) is 35.5. The SMILES string of the molecule is c1ccc(-c2ccc(-c3ccccc3N(c3cccc4c3-c3ccccc3C43c4ccccc4-n4c5ccccc5c5cccc3c54)c3cc4ccccc4c4ccccc34)cc2)cc1. The number of fused-ring (bicyclic) bond motifs is 15. The molecule has 65 heavy (non-hydrogen) atoms. The average molecular weight is 825 g/mol. The summed E-state index contributed by atoms with van der Waals surface area (Å²) in [5.74, 6) is 0. The Kier molecular flexibility index (Phi) is 7.64. The van der Waals surface area contributed by atoms with Crippen LogP contribution in [-0.2, 0) is 5.41 Å². The average Bonchev–Trinajstić information content (AvgIpc) is 3.88. The minimum Gasteiger partial charge on any atom is -0.309 e. The van der Waals surface area contributed by atoms with Gasteiger partial charge in [-0.3, -0.25) is 0 Å². The number of hydrogen-bond donors (Lipinski definition) is 0. The molecule has 302 valence electrons. The van der Waals surface area contributed by atoms with Crippen molar-refractivity contribution in [2.24, 2.45) is 0 Å². The van der Waals surface area contributed by atoms with Crippen LogP contribution >= 0.6 is 0 Å². The Balaban J connectivity index is 1.10. The Labute approximate surface area is 377 Å². The molecule has 0 N–H and O–H groups in total. The Bertz CT molecular complexity index is 3900. The summed E-state index contributed by atoms with van der Waals surface area (Å²) in [6.07, 6.45) is 0. The van der Waals surface area contributed by atoms with Gasteiger partial charge in [0, 0.05) is 27.3 Å². The molecule has 1 aliphatic heterocycles. The summed E-state index contributed by atoms with van der Waals surface area (Å²) in [6, 6.07) is 90.3. The quantitative estimate of drug-likeness (QED) is 0.157. The Hall–Kier alpha value is -8.46. The lowest BCUT2D eigenvalue weighted by Gasteiger charge is -2.39. The van der Waals surface area contributed by atoms with Gasteiger partial charge in [0.05, 0.1) is 39.2 Å². The van der Waals surface area contributed by atoms with Crippen molar-refractivity contribution in [2.45, 2.75) is 5.41 Å². The second kappa shape index (κ2) is 13.8. The molecule has 0 radical (unpaired) electrons. The van der Waals surface area contributed by atoms with E-state index in [0.717, 1.165) is 17.1 Å². The van der Waals surface area contributed by atoms with Crippen molar-refractivity contribution in [3.8, 4) is 39.1 Å². The fourth-order valence-corrected chi connectivity index (χ4v) is 11.8. The number of hydrogen-bond acceptors (Lipinski definition) is 1. The lowest BCUT2D eigenvalue weighted by Crippen LogP contribution is -2.33. The van der Waals surface area contributed by atoms with Crippen molar-refractivity contribution in [3.05, 3.63) is 265 Å². The number of nitrogens with zero attached hydrogens (tertiary/aromatic N) is 2. The molecule has 1 aromatic heterocycles. The van der Waals surface area contributed by atoms with Gasteiger partial charge >= 0.3 is 0 Å². The number of anilines is 3. The van der Waals surface area contributed by atoms with Crippen molar-refractivity contribution in [2.75, 3.05) is 4.90 Å². The largest absolute Gasteiger partial charge is 0.309 e. The third-order valence-corrected chi connectivity index (χ3v) is 14.4. The van der Waals surface area contributed by atoms with E-state index >= 15 is 0 Å². The normalized spacial score (nSPS) is 14.5. The molecule has 2 heterocycles. The number of rotatable bonds is 5. The molecule has 12 aromatic rings. The van der Waals surface area contributed by atoms with Gasteiger partial charge in [-0.1, -0.05) is 212 Å². The molecule has 11 aromatic carbocycles. The Morgan fingerprint density at radius 2 is 0.892 bits per heavy atom. The topological polar surface area (TPSA) is 8.17 Å². The summed E-state index contributed by atoms with van der Waals surface area (Å²) in [4.78, 5) is 2.58. The summed E-state index contributed by atoms with van der Waals surface area (Å²) < 4.78 is 2.53. The smallest absolute Gasteiger partial charge is 0.0755 e. The summed E-state index contributed by atoms with van der Waals surface area (Å²) >= 11 is 0. The molecule has 0 fully saturated rings. The second-order valence-corrected chi connectivity index (χ2v) is 17.5. The highest BCUT2D eigenvalue weighted by atomic mass is 15.2. The monoisotopic (exact) mass is 824 g/mol. The van der Waals surface area contributed by atoms with Gasteiger partial charge in [0.25, 0.3) is 0 Å². The van der Waals surface area contributed by atoms with E-state index in [1.165, 1.54) is 105 Å². The Morgan fingerprint density at radius 1 is 0.323 bits per heavy atom. The van der Waals surface area contributed by atoms with Crippen molar-refractivity contribution >= 4 is 60.4 Å². The lowest BCUT2D eigenvalue weighted by molar-refractivity contribution is 0.748. The van der Waals surface area contributed by atoms with Crippen LogP contribution in [0.2, 0.25) is 0 Å². The molecule has 0 bridgehead atoms. The van der Waals surface area contributed by atoms with Crippen LogP contribution in [0.5, 0.6) is 0 Å². The number of benzene rings is 11.